The molecule has 0 unspecified atom stereocenters. The second kappa shape index (κ2) is 10.5. The Labute approximate surface area is 179 Å². The maximum atomic E-state index is 4.21. The Morgan fingerprint density at radius 2 is 0.821 bits per heavy atom. The molecule has 0 aliphatic heterocycles. The summed E-state index contributed by atoms with van der Waals surface area (Å²) in [5.41, 5.74) is 5.92. The van der Waals surface area contributed by atoms with Gasteiger partial charge in [-0.15, -0.1) is 0 Å². The van der Waals surface area contributed by atoms with Crippen molar-refractivity contribution in [1.29, 1.82) is 0 Å². The molecule has 0 heterocycles. The minimum absolute atomic E-state index is 0.193. The molecule has 0 nitrogen and oxygen atoms in total. The molecule has 151 valence electrons. The number of benzene rings is 2. The first kappa shape index (κ1) is 23.8. The zero-order valence-electron chi connectivity index (χ0n) is 18.9. The van der Waals surface area contributed by atoms with Crippen LogP contribution in [0.15, 0.2) is 48.5 Å². The zero-order chi connectivity index (χ0) is 21.0. The third-order valence-electron chi connectivity index (χ3n) is 5.28. The Morgan fingerprint density at radius 3 is 1.11 bits per heavy atom. The molecule has 3 radical (unpaired) electrons. The van der Waals surface area contributed by atoms with E-state index in [1.165, 1.54) is 11.1 Å². The highest BCUT2D eigenvalue weighted by Gasteiger charge is 2.27. The van der Waals surface area contributed by atoms with Crippen molar-refractivity contribution >= 4 is 36.7 Å². The molecule has 2 rings (SSSR count). The van der Waals surface area contributed by atoms with Crippen LogP contribution in [0.3, 0.4) is 0 Å². The Morgan fingerprint density at radius 1 is 0.536 bits per heavy atom. The normalized spacial score (nSPS) is 12.6. The van der Waals surface area contributed by atoms with Gasteiger partial charge in [-0.25, -0.2) is 0 Å². The Balaban J connectivity index is 2.59. The second-order valence-corrected chi connectivity index (χ2v) is 16.0. The molecular formula is C25H37P2Si. The highest BCUT2D eigenvalue weighted by Crippen LogP contribution is 2.49. The SMILES string of the molecule is CC(C)P(c1ccccc1C([Si])c1ccccc1P(C(C)C)C(C)C)C(C)C. The van der Waals surface area contributed by atoms with Gasteiger partial charge in [0, 0.05) is 10.2 Å². The summed E-state index contributed by atoms with van der Waals surface area (Å²) in [6.07, 6.45) is 0. The van der Waals surface area contributed by atoms with Crippen LogP contribution in [0.2, 0.25) is 0 Å². The van der Waals surface area contributed by atoms with Crippen LogP contribution in [0.25, 0.3) is 0 Å². The van der Waals surface area contributed by atoms with E-state index in [1.807, 2.05) is 0 Å². The lowest BCUT2D eigenvalue weighted by Crippen LogP contribution is -2.25. The molecule has 0 aliphatic rings. The van der Waals surface area contributed by atoms with Crippen LogP contribution in [-0.2, 0) is 0 Å². The van der Waals surface area contributed by atoms with Crippen molar-refractivity contribution < 1.29 is 0 Å². The van der Waals surface area contributed by atoms with Crippen molar-refractivity contribution in [2.75, 3.05) is 0 Å². The first-order valence-electron chi connectivity index (χ1n) is 10.6. The van der Waals surface area contributed by atoms with Crippen LogP contribution in [0.5, 0.6) is 0 Å². The molecule has 2 aromatic rings. The summed E-state index contributed by atoms with van der Waals surface area (Å²) in [6, 6.07) is 18.3. The van der Waals surface area contributed by atoms with Crippen molar-refractivity contribution in [1.82, 2.24) is 0 Å². The van der Waals surface area contributed by atoms with E-state index in [0.29, 0.717) is 22.6 Å². The van der Waals surface area contributed by atoms with Crippen LogP contribution in [0.1, 0.15) is 72.1 Å². The summed E-state index contributed by atoms with van der Waals surface area (Å²) in [6.45, 7) is 19.1. The largest absolute Gasteiger partial charge is 0.0698 e. The van der Waals surface area contributed by atoms with Gasteiger partial charge in [0.15, 0.2) is 0 Å². The fourth-order valence-corrected chi connectivity index (χ4v) is 11.3. The van der Waals surface area contributed by atoms with Crippen molar-refractivity contribution in [3.8, 4) is 0 Å². The molecule has 0 amide bonds. The van der Waals surface area contributed by atoms with Gasteiger partial charge in [-0.3, -0.25) is 0 Å². The van der Waals surface area contributed by atoms with Crippen molar-refractivity contribution in [3.63, 3.8) is 0 Å². The van der Waals surface area contributed by atoms with E-state index in [1.54, 1.807) is 10.6 Å². The lowest BCUT2D eigenvalue weighted by Gasteiger charge is -2.33. The zero-order valence-corrected chi connectivity index (χ0v) is 21.7. The van der Waals surface area contributed by atoms with Gasteiger partial charge in [-0.2, -0.15) is 0 Å². The van der Waals surface area contributed by atoms with Gasteiger partial charge in [0.25, 0.3) is 0 Å². The van der Waals surface area contributed by atoms with E-state index in [0.717, 1.165) is 0 Å². The molecule has 0 saturated heterocycles. The lowest BCUT2D eigenvalue weighted by molar-refractivity contribution is 1.01. The third kappa shape index (κ3) is 5.36. The fourth-order valence-electron chi connectivity index (χ4n) is 4.41. The van der Waals surface area contributed by atoms with Crippen LogP contribution >= 0.6 is 15.8 Å². The smallest absolute Gasteiger partial charge is 0.0397 e. The topological polar surface area (TPSA) is 0 Å². The molecule has 0 fully saturated rings. The molecule has 0 bridgehead atoms. The monoisotopic (exact) mass is 427 g/mol. The van der Waals surface area contributed by atoms with Gasteiger partial charge in [0.2, 0.25) is 0 Å². The summed E-state index contributed by atoms with van der Waals surface area (Å²) in [7, 11) is 3.83. The molecule has 0 aliphatic carbocycles. The first-order chi connectivity index (χ1) is 13.2. The van der Waals surface area contributed by atoms with Gasteiger partial charge in [0.05, 0.1) is 0 Å². The van der Waals surface area contributed by atoms with E-state index < -0.39 is 0 Å². The quantitative estimate of drug-likeness (QED) is 0.321. The van der Waals surface area contributed by atoms with Crippen LogP contribution in [0.4, 0.5) is 0 Å². The molecular weight excluding hydrogens is 390 g/mol. The molecule has 0 atom stereocenters. The van der Waals surface area contributed by atoms with Crippen LogP contribution < -0.4 is 10.6 Å². The standard InChI is InChI=1S/C25H37P2Si/c1-17(2)26(18(3)4)23-15-11-9-13-21(23)25(28)22-14-10-12-16-24(22)27(19(5)6)20(7)8/h9-20,25H,1-8H3. The summed E-state index contributed by atoms with van der Waals surface area (Å²) in [5.74, 6) is 0. The number of hydrogen-bond acceptors (Lipinski definition) is 0. The van der Waals surface area contributed by atoms with E-state index in [2.05, 4.69) is 114 Å². The van der Waals surface area contributed by atoms with Gasteiger partial charge >= 0.3 is 0 Å². The molecule has 28 heavy (non-hydrogen) atoms. The van der Waals surface area contributed by atoms with Gasteiger partial charge in [-0.1, -0.05) is 120 Å². The third-order valence-corrected chi connectivity index (χ3v) is 12.3. The highest BCUT2D eigenvalue weighted by molar-refractivity contribution is 7.67. The molecule has 0 spiro atoms. The molecule has 3 heteroatoms. The van der Waals surface area contributed by atoms with E-state index >= 15 is 0 Å². The Bertz CT molecular complexity index is 672. The lowest BCUT2D eigenvalue weighted by atomic mass is 10.0. The summed E-state index contributed by atoms with van der Waals surface area (Å²) >= 11 is 0. The van der Waals surface area contributed by atoms with Gasteiger partial charge < -0.3 is 0 Å². The van der Waals surface area contributed by atoms with E-state index in [4.69, 9.17) is 0 Å². The summed E-state index contributed by atoms with van der Waals surface area (Å²) in [5, 5.41) is 3.13. The van der Waals surface area contributed by atoms with E-state index in [9.17, 15) is 0 Å². The van der Waals surface area contributed by atoms with Gasteiger partial charge in [0.1, 0.15) is 0 Å². The van der Waals surface area contributed by atoms with Gasteiger partial charge in [-0.05, 0) is 49.9 Å². The predicted octanol–water partition coefficient (Wildman–Crippen LogP) is 6.79. The molecule has 0 saturated carbocycles. The van der Waals surface area contributed by atoms with Crippen molar-refractivity contribution in [2.45, 2.75) is 83.6 Å². The Hall–Kier alpha value is -0.483. The summed E-state index contributed by atoms with van der Waals surface area (Å²) in [4.78, 5) is 0. The molecule has 2 aromatic carbocycles. The predicted molar refractivity (Wildman–Crippen MR) is 134 cm³/mol. The molecule has 0 N–H and O–H groups in total. The fraction of sp³-hybridized carbons (Fsp3) is 0.520. The van der Waals surface area contributed by atoms with Crippen LogP contribution in [0, 0.1) is 0 Å². The first-order valence-corrected chi connectivity index (χ1v) is 14.2. The maximum absolute atomic E-state index is 4.21. The second-order valence-electron chi connectivity index (χ2n) is 8.74. The van der Waals surface area contributed by atoms with E-state index in [-0.39, 0.29) is 21.4 Å². The maximum Gasteiger partial charge on any atom is 0.0397 e. The van der Waals surface area contributed by atoms with Crippen LogP contribution in [-0.4, -0.2) is 32.9 Å². The van der Waals surface area contributed by atoms with Crippen molar-refractivity contribution in [2.24, 2.45) is 0 Å². The Kier molecular flexibility index (Phi) is 8.94. The van der Waals surface area contributed by atoms with Crippen molar-refractivity contribution in [3.05, 3.63) is 59.7 Å². The number of hydrogen-bond donors (Lipinski definition) is 0. The number of rotatable bonds is 8. The highest BCUT2D eigenvalue weighted by atomic mass is 31.1. The molecule has 0 aromatic heterocycles. The summed E-state index contributed by atoms with van der Waals surface area (Å²) < 4.78 is 0. The minimum Gasteiger partial charge on any atom is -0.0698 e. The average Bonchev–Trinajstić information content (AvgIpc) is 2.61. The average molecular weight is 428 g/mol. The minimum atomic E-state index is -0.193.